The Morgan fingerprint density at radius 2 is 2.09 bits per heavy atom. The average molecular weight is 510 g/mol. The van der Waals surface area contributed by atoms with Gasteiger partial charge in [0.05, 0.1) is 12.8 Å². The van der Waals surface area contributed by atoms with Crippen LogP contribution in [-0.4, -0.2) is 35.4 Å². The Labute approximate surface area is 201 Å². The normalized spacial score (nSPS) is 10.9. The molecule has 0 unspecified atom stereocenters. The highest BCUT2D eigenvalue weighted by molar-refractivity contribution is 9.10. The highest BCUT2D eigenvalue weighted by atomic mass is 79.9. The molecule has 0 atom stereocenters. The number of methoxy groups -OCH3 is 1. The van der Waals surface area contributed by atoms with E-state index in [-0.39, 0.29) is 24.7 Å². The molecule has 2 aromatic heterocycles. The number of amides is 1. The molecule has 2 heterocycles. The van der Waals surface area contributed by atoms with Gasteiger partial charge in [-0.25, -0.2) is 10.4 Å². The SMILES string of the molecule is COCc1cc(C)nc(OCC(=O)N/N=C\c2cc(C)n(-c3cccc(Br)c3)c2C)c1C#N. The van der Waals surface area contributed by atoms with Gasteiger partial charge in [-0.2, -0.15) is 10.4 Å². The number of ether oxygens (including phenoxy) is 2. The van der Waals surface area contributed by atoms with E-state index in [1.807, 2.05) is 44.2 Å². The van der Waals surface area contributed by atoms with E-state index in [4.69, 9.17) is 9.47 Å². The third-order valence-electron chi connectivity index (χ3n) is 4.88. The molecular formula is C24H24BrN5O3. The number of benzene rings is 1. The number of nitrogens with one attached hydrogen (secondary N) is 1. The number of hydrogen-bond donors (Lipinski definition) is 1. The number of aryl methyl sites for hydroxylation is 2. The van der Waals surface area contributed by atoms with E-state index >= 15 is 0 Å². The minimum atomic E-state index is -0.465. The van der Waals surface area contributed by atoms with Crippen molar-refractivity contribution in [3.8, 4) is 17.6 Å². The first-order chi connectivity index (χ1) is 15.8. The van der Waals surface area contributed by atoms with Crippen molar-refractivity contribution in [2.75, 3.05) is 13.7 Å². The largest absolute Gasteiger partial charge is 0.467 e. The molecule has 0 saturated heterocycles. The van der Waals surface area contributed by atoms with Gasteiger partial charge < -0.3 is 14.0 Å². The van der Waals surface area contributed by atoms with E-state index in [2.05, 4.69) is 42.1 Å². The average Bonchev–Trinajstić information content (AvgIpc) is 3.05. The highest BCUT2D eigenvalue weighted by Gasteiger charge is 2.14. The zero-order valence-electron chi connectivity index (χ0n) is 18.8. The van der Waals surface area contributed by atoms with Crippen LogP contribution in [0.4, 0.5) is 0 Å². The molecule has 1 amide bonds. The van der Waals surface area contributed by atoms with Crippen LogP contribution in [0.1, 0.15) is 33.8 Å². The summed E-state index contributed by atoms with van der Waals surface area (Å²) in [6.45, 7) is 5.70. The lowest BCUT2D eigenvalue weighted by atomic mass is 10.1. The minimum Gasteiger partial charge on any atom is -0.467 e. The lowest BCUT2D eigenvalue weighted by Crippen LogP contribution is -2.25. The molecule has 170 valence electrons. The van der Waals surface area contributed by atoms with Gasteiger partial charge in [0, 0.05) is 45.5 Å². The monoisotopic (exact) mass is 509 g/mol. The molecule has 0 fully saturated rings. The van der Waals surface area contributed by atoms with Crippen molar-refractivity contribution in [2.45, 2.75) is 27.4 Å². The number of hydrazone groups is 1. The number of nitriles is 1. The van der Waals surface area contributed by atoms with Gasteiger partial charge in [0.2, 0.25) is 5.88 Å². The maximum Gasteiger partial charge on any atom is 0.278 e. The summed E-state index contributed by atoms with van der Waals surface area (Å²) in [4.78, 5) is 16.4. The summed E-state index contributed by atoms with van der Waals surface area (Å²) in [5, 5.41) is 13.5. The number of pyridine rings is 1. The second-order valence-electron chi connectivity index (χ2n) is 7.37. The molecule has 0 radical (unpaired) electrons. The van der Waals surface area contributed by atoms with E-state index in [0.29, 0.717) is 11.3 Å². The lowest BCUT2D eigenvalue weighted by molar-refractivity contribution is -0.123. The Balaban J connectivity index is 1.66. The first-order valence-corrected chi connectivity index (χ1v) is 10.9. The molecule has 3 rings (SSSR count). The Hall–Kier alpha value is -3.48. The Kier molecular flexibility index (Phi) is 7.98. The molecule has 0 aliphatic carbocycles. The fourth-order valence-corrected chi connectivity index (χ4v) is 3.86. The van der Waals surface area contributed by atoms with Crippen molar-refractivity contribution in [2.24, 2.45) is 5.10 Å². The van der Waals surface area contributed by atoms with Gasteiger partial charge in [0.15, 0.2) is 6.61 Å². The first kappa shape index (κ1) is 24.2. The quantitative estimate of drug-likeness (QED) is 0.363. The van der Waals surface area contributed by atoms with Gasteiger partial charge >= 0.3 is 0 Å². The summed E-state index contributed by atoms with van der Waals surface area (Å²) in [5.74, 6) is -0.367. The second kappa shape index (κ2) is 10.9. The van der Waals surface area contributed by atoms with Crippen LogP contribution in [0.5, 0.6) is 5.88 Å². The van der Waals surface area contributed by atoms with Crippen LogP contribution in [0.15, 0.2) is 46.0 Å². The summed E-state index contributed by atoms with van der Waals surface area (Å²) in [6.07, 6.45) is 1.59. The third-order valence-corrected chi connectivity index (χ3v) is 5.37. The molecule has 1 N–H and O–H groups in total. The molecule has 0 saturated carbocycles. The van der Waals surface area contributed by atoms with Crippen molar-refractivity contribution >= 4 is 28.1 Å². The molecule has 8 nitrogen and oxygen atoms in total. The first-order valence-electron chi connectivity index (χ1n) is 10.1. The smallest absolute Gasteiger partial charge is 0.278 e. The van der Waals surface area contributed by atoms with Crippen LogP contribution in [0.3, 0.4) is 0 Å². The Morgan fingerprint density at radius 3 is 2.79 bits per heavy atom. The van der Waals surface area contributed by atoms with Crippen LogP contribution < -0.4 is 10.2 Å². The van der Waals surface area contributed by atoms with Gasteiger partial charge in [-0.15, -0.1) is 0 Å². The van der Waals surface area contributed by atoms with Gasteiger partial charge in [-0.1, -0.05) is 22.0 Å². The Bertz CT molecular complexity index is 1240. The molecule has 9 heteroatoms. The fraction of sp³-hybridized carbons (Fsp3) is 0.250. The van der Waals surface area contributed by atoms with Gasteiger partial charge in [-0.05, 0) is 51.1 Å². The van der Waals surface area contributed by atoms with E-state index in [0.717, 1.165) is 27.1 Å². The van der Waals surface area contributed by atoms with Gasteiger partial charge in [0.1, 0.15) is 11.6 Å². The highest BCUT2D eigenvalue weighted by Crippen LogP contribution is 2.23. The van der Waals surface area contributed by atoms with E-state index in [1.165, 1.54) is 0 Å². The predicted molar refractivity (Wildman–Crippen MR) is 129 cm³/mol. The zero-order chi connectivity index (χ0) is 24.0. The predicted octanol–water partition coefficient (Wildman–Crippen LogP) is 4.11. The summed E-state index contributed by atoms with van der Waals surface area (Å²) < 4.78 is 13.7. The molecule has 0 spiro atoms. The molecular weight excluding hydrogens is 486 g/mol. The number of aromatic nitrogens is 2. The van der Waals surface area contributed by atoms with Crippen molar-refractivity contribution < 1.29 is 14.3 Å². The fourth-order valence-electron chi connectivity index (χ4n) is 3.47. The Morgan fingerprint density at radius 1 is 1.30 bits per heavy atom. The molecule has 33 heavy (non-hydrogen) atoms. The molecule has 0 bridgehead atoms. The third kappa shape index (κ3) is 5.86. The summed E-state index contributed by atoms with van der Waals surface area (Å²) in [7, 11) is 1.54. The van der Waals surface area contributed by atoms with Crippen LogP contribution in [0.25, 0.3) is 5.69 Å². The van der Waals surface area contributed by atoms with Crippen LogP contribution in [0, 0.1) is 32.1 Å². The topological polar surface area (TPSA) is 102 Å². The van der Waals surface area contributed by atoms with Crippen molar-refractivity contribution in [3.63, 3.8) is 0 Å². The number of nitrogens with zero attached hydrogens (tertiary/aromatic N) is 4. The maximum atomic E-state index is 12.2. The van der Waals surface area contributed by atoms with Crippen LogP contribution in [0.2, 0.25) is 0 Å². The van der Waals surface area contributed by atoms with Crippen LogP contribution in [-0.2, 0) is 16.1 Å². The van der Waals surface area contributed by atoms with Gasteiger partial charge in [-0.3, -0.25) is 4.79 Å². The van der Waals surface area contributed by atoms with E-state index in [9.17, 15) is 10.1 Å². The maximum absolute atomic E-state index is 12.2. The lowest BCUT2D eigenvalue weighted by Gasteiger charge is -2.10. The summed E-state index contributed by atoms with van der Waals surface area (Å²) in [5.41, 5.74) is 7.97. The molecule has 3 aromatic rings. The minimum absolute atomic E-state index is 0.0984. The summed E-state index contributed by atoms with van der Waals surface area (Å²) >= 11 is 3.50. The zero-order valence-corrected chi connectivity index (χ0v) is 20.4. The number of carbonyl (C=O) groups excluding carboxylic acids is 1. The molecule has 1 aromatic carbocycles. The number of hydrogen-bond acceptors (Lipinski definition) is 6. The van der Waals surface area contributed by atoms with E-state index < -0.39 is 5.91 Å². The van der Waals surface area contributed by atoms with Gasteiger partial charge in [0.25, 0.3) is 5.91 Å². The van der Waals surface area contributed by atoms with E-state index in [1.54, 1.807) is 26.3 Å². The number of rotatable bonds is 8. The van der Waals surface area contributed by atoms with Crippen molar-refractivity contribution in [1.29, 1.82) is 5.26 Å². The number of carbonyl (C=O) groups is 1. The second-order valence-corrected chi connectivity index (χ2v) is 8.29. The van der Waals surface area contributed by atoms with Crippen LogP contribution >= 0.6 is 15.9 Å². The molecule has 0 aliphatic heterocycles. The van der Waals surface area contributed by atoms with Crippen molar-refractivity contribution in [3.05, 3.63) is 74.6 Å². The van der Waals surface area contributed by atoms with Crippen molar-refractivity contribution in [1.82, 2.24) is 15.0 Å². The molecule has 0 aliphatic rings. The summed E-state index contributed by atoms with van der Waals surface area (Å²) in [6, 6.07) is 13.8. The standard InChI is InChI=1S/C24H24BrN5O3/c1-15-8-19(13-32-4)22(11-26)24(28-15)33-14-23(31)29-27-12-18-9-16(2)30(17(18)3)21-7-5-6-20(25)10-21/h5-10,12H,13-14H2,1-4H3,(H,29,31)/b27-12-. The number of halogens is 1.